The second-order valence-corrected chi connectivity index (χ2v) is 11.3. The predicted molar refractivity (Wildman–Crippen MR) is 169 cm³/mol. The zero-order valence-electron chi connectivity index (χ0n) is 26.3. The van der Waals surface area contributed by atoms with Gasteiger partial charge in [-0.05, 0) is 45.2 Å². The third-order valence-electron chi connectivity index (χ3n) is 7.90. The topological polar surface area (TPSA) is 140 Å². The number of amides is 2. The summed E-state index contributed by atoms with van der Waals surface area (Å²) < 4.78 is 30.5. The Balaban J connectivity index is 1.77. The van der Waals surface area contributed by atoms with Gasteiger partial charge in [0.15, 0.2) is 5.69 Å². The van der Waals surface area contributed by atoms with Gasteiger partial charge in [-0.15, -0.1) is 0 Å². The maximum Gasteiger partial charge on any atom is 0.275 e. The van der Waals surface area contributed by atoms with Crippen molar-refractivity contribution >= 4 is 24.1 Å². The number of methoxy groups -OCH3 is 3. The lowest BCUT2D eigenvalue weighted by atomic mass is 9.95. The smallest absolute Gasteiger partial charge is 0.275 e. The molecule has 2 amide bonds. The number of benzene rings is 2. The average Bonchev–Trinajstić information content (AvgIpc) is 3.43. The van der Waals surface area contributed by atoms with E-state index in [0.29, 0.717) is 76.4 Å². The van der Waals surface area contributed by atoms with Gasteiger partial charge in [-0.25, -0.2) is 4.68 Å². The van der Waals surface area contributed by atoms with Crippen molar-refractivity contribution in [3.63, 3.8) is 0 Å². The summed E-state index contributed by atoms with van der Waals surface area (Å²) in [6, 6.07) is 9.07. The molecule has 0 saturated carbocycles. The summed E-state index contributed by atoms with van der Waals surface area (Å²) in [5.41, 5.74) is 9.41. The molecule has 0 spiro atoms. The van der Waals surface area contributed by atoms with Crippen molar-refractivity contribution in [2.24, 2.45) is 10.7 Å². The van der Waals surface area contributed by atoms with Crippen LogP contribution in [0.25, 0.3) is 22.5 Å². The fourth-order valence-electron chi connectivity index (χ4n) is 5.57. The highest BCUT2D eigenvalue weighted by atomic mass is 16.5. The summed E-state index contributed by atoms with van der Waals surface area (Å²) >= 11 is 0. The molecule has 1 fully saturated rings. The van der Waals surface area contributed by atoms with Crippen LogP contribution in [0, 0.1) is 0 Å². The van der Waals surface area contributed by atoms with Gasteiger partial charge in [-0.1, -0.05) is 0 Å². The Labute approximate surface area is 261 Å². The summed E-state index contributed by atoms with van der Waals surface area (Å²) in [6.07, 6.45) is 2.92. The molecule has 0 unspecified atom stereocenters. The Morgan fingerprint density at radius 1 is 1.09 bits per heavy atom. The molecule has 0 bridgehead atoms. The molecular formula is C33H37N5O7. The van der Waals surface area contributed by atoms with Crippen molar-refractivity contribution in [1.29, 1.82) is 0 Å². The molecule has 0 aliphatic carbocycles. The molecule has 12 heteroatoms. The standard InChI is InChI=1S/C33H37N5O7/c1-19(10-20(16-35-4)31(34)39)24-14-25-28(15-27(24)43-7)45-17-26-29(32(40)37-8-9-44-18-33(37,2)3)36-38(30(25)26)21-11-22(41-5)13-23(12-21)42-6/h10-16H,4,8-9,17-18H2,1-3,5-7H3,(H2,34,39)/b19-10+,20-16+. The number of carbonyl (C=O) groups is 2. The second-order valence-electron chi connectivity index (χ2n) is 11.3. The summed E-state index contributed by atoms with van der Waals surface area (Å²) in [4.78, 5) is 31.8. The molecule has 12 nitrogen and oxygen atoms in total. The minimum atomic E-state index is -0.650. The Hall–Kier alpha value is -5.10. The number of aliphatic imine (C=N–C) groups is 1. The van der Waals surface area contributed by atoms with Crippen molar-refractivity contribution in [2.75, 3.05) is 41.1 Å². The SMILES string of the molecule is C=N/C=C(\C=C(/C)c1cc2c(cc1OC)OCc1c(C(=O)N3CCOCC3(C)C)nn(-c3cc(OC)cc(OC)c3)c1-2)C(N)=O. The fraction of sp³-hybridized carbons (Fsp3) is 0.333. The van der Waals surface area contributed by atoms with E-state index < -0.39 is 11.4 Å². The highest BCUT2D eigenvalue weighted by molar-refractivity contribution is 5.99. The Bertz CT molecular complexity index is 1710. The molecule has 2 N–H and O–H groups in total. The van der Waals surface area contributed by atoms with E-state index in [4.69, 9.17) is 34.5 Å². The lowest BCUT2D eigenvalue weighted by Gasteiger charge is -2.41. The first-order valence-electron chi connectivity index (χ1n) is 14.3. The van der Waals surface area contributed by atoms with Gasteiger partial charge >= 0.3 is 0 Å². The van der Waals surface area contributed by atoms with Crippen molar-refractivity contribution in [3.8, 4) is 39.9 Å². The zero-order chi connectivity index (χ0) is 32.5. The van der Waals surface area contributed by atoms with E-state index in [2.05, 4.69) is 11.7 Å². The number of ether oxygens (including phenoxy) is 5. The fourth-order valence-corrected chi connectivity index (χ4v) is 5.57. The molecule has 3 aromatic rings. The van der Waals surface area contributed by atoms with Crippen molar-refractivity contribution in [3.05, 3.63) is 65.0 Å². The van der Waals surface area contributed by atoms with Crippen LogP contribution < -0.4 is 24.7 Å². The lowest BCUT2D eigenvalue weighted by Crippen LogP contribution is -2.55. The number of hydrogen-bond donors (Lipinski definition) is 1. The maximum atomic E-state index is 14.2. The number of nitrogens with two attached hydrogens (primary N) is 1. The van der Waals surface area contributed by atoms with Gasteiger partial charge < -0.3 is 34.3 Å². The van der Waals surface area contributed by atoms with Crippen molar-refractivity contribution in [2.45, 2.75) is 32.9 Å². The van der Waals surface area contributed by atoms with Crippen LogP contribution in [0.5, 0.6) is 23.0 Å². The second kappa shape index (κ2) is 12.5. The number of allylic oxidation sites excluding steroid dienone is 1. The van der Waals surface area contributed by atoms with Gasteiger partial charge in [-0.2, -0.15) is 5.10 Å². The summed E-state index contributed by atoms with van der Waals surface area (Å²) in [5.74, 6) is 1.29. The number of nitrogens with zero attached hydrogens (tertiary/aromatic N) is 4. The third kappa shape index (κ3) is 5.88. The molecular weight excluding hydrogens is 578 g/mol. The molecule has 1 saturated heterocycles. The minimum Gasteiger partial charge on any atom is -0.497 e. The van der Waals surface area contributed by atoms with Gasteiger partial charge in [0.1, 0.15) is 29.6 Å². The molecule has 236 valence electrons. The van der Waals surface area contributed by atoms with E-state index in [1.54, 1.807) is 49.1 Å². The number of fused-ring (bicyclic) bond motifs is 3. The van der Waals surface area contributed by atoms with E-state index in [9.17, 15) is 9.59 Å². The third-order valence-corrected chi connectivity index (χ3v) is 7.90. The molecule has 5 rings (SSSR count). The monoisotopic (exact) mass is 615 g/mol. The molecule has 0 radical (unpaired) electrons. The van der Waals surface area contributed by atoms with Gasteiger partial charge in [0.25, 0.3) is 5.91 Å². The summed E-state index contributed by atoms with van der Waals surface area (Å²) in [7, 11) is 4.69. The maximum absolute atomic E-state index is 14.2. The van der Waals surface area contributed by atoms with E-state index in [0.717, 1.165) is 0 Å². The number of primary amides is 1. The van der Waals surface area contributed by atoms with Crippen LogP contribution in [-0.2, 0) is 16.1 Å². The highest BCUT2D eigenvalue weighted by Gasteiger charge is 2.39. The number of aromatic nitrogens is 2. The number of hydrogen-bond acceptors (Lipinski definition) is 9. The molecule has 2 aliphatic rings. The first-order chi connectivity index (χ1) is 21.5. The number of morpholine rings is 1. The van der Waals surface area contributed by atoms with Gasteiger partial charge in [0.2, 0.25) is 5.91 Å². The van der Waals surface area contributed by atoms with E-state index in [1.807, 2.05) is 39.0 Å². The van der Waals surface area contributed by atoms with E-state index >= 15 is 0 Å². The molecule has 0 atom stereocenters. The molecule has 45 heavy (non-hydrogen) atoms. The quantitative estimate of drug-likeness (QED) is 0.215. The van der Waals surface area contributed by atoms with E-state index in [1.165, 1.54) is 6.20 Å². The van der Waals surface area contributed by atoms with Crippen LogP contribution in [0.4, 0.5) is 0 Å². The molecule has 1 aromatic heterocycles. The Kier molecular flexibility index (Phi) is 8.69. The summed E-state index contributed by atoms with van der Waals surface area (Å²) in [5, 5.41) is 4.92. The lowest BCUT2D eigenvalue weighted by molar-refractivity contribution is -0.114. The van der Waals surface area contributed by atoms with Crippen LogP contribution in [-0.4, -0.2) is 79.8 Å². The van der Waals surface area contributed by atoms with Gasteiger partial charge in [0, 0.05) is 53.7 Å². The van der Waals surface area contributed by atoms with Gasteiger partial charge in [-0.3, -0.25) is 14.6 Å². The number of rotatable bonds is 9. The van der Waals surface area contributed by atoms with Crippen molar-refractivity contribution < 1.29 is 33.3 Å². The number of carbonyl (C=O) groups excluding carboxylic acids is 2. The van der Waals surface area contributed by atoms with Crippen LogP contribution in [0.2, 0.25) is 0 Å². The highest BCUT2D eigenvalue weighted by Crippen LogP contribution is 2.45. The van der Waals surface area contributed by atoms with Crippen LogP contribution >= 0.6 is 0 Å². The van der Waals surface area contributed by atoms with Crippen molar-refractivity contribution in [1.82, 2.24) is 14.7 Å². The van der Waals surface area contributed by atoms with Crippen LogP contribution in [0.3, 0.4) is 0 Å². The minimum absolute atomic E-state index is 0.103. The molecule has 3 heterocycles. The van der Waals surface area contributed by atoms with E-state index in [-0.39, 0.29) is 23.8 Å². The van der Waals surface area contributed by atoms with Crippen LogP contribution in [0.1, 0.15) is 42.4 Å². The first-order valence-corrected chi connectivity index (χ1v) is 14.3. The zero-order valence-corrected chi connectivity index (χ0v) is 26.3. The Morgan fingerprint density at radius 2 is 1.80 bits per heavy atom. The largest absolute Gasteiger partial charge is 0.497 e. The summed E-state index contributed by atoms with van der Waals surface area (Å²) in [6.45, 7) is 10.6. The predicted octanol–water partition coefficient (Wildman–Crippen LogP) is 4.18. The molecule has 2 aliphatic heterocycles. The normalized spacial score (nSPS) is 15.8. The first kappa shape index (κ1) is 31.3. The molecule has 2 aromatic carbocycles. The average molecular weight is 616 g/mol. The van der Waals surface area contributed by atoms with Gasteiger partial charge in [0.05, 0.1) is 57.0 Å². The van der Waals surface area contributed by atoms with Crippen LogP contribution in [0.15, 0.2) is 53.2 Å². The Morgan fingerprint density at radius 3 is 2.40 bits per heavy atom.